The van der Waals surface area contributed by atoms with Crippen molar-refractivity contribution in [3.05, 3.63) is 64.7 Å². The maximum absolute atomic E-state index is 11.9. The number of amides is 1. The van der Waals surface area contributed by atoms with Crippen LogP contribution < -0.4 is 10.6 Å². The molecule has 0 saturated heterocycles. The van der Waals surface area contributed by atoms with Gasteiger partial charge in [-0.1, -0.05) is 36.4 Å². The molecule has 116 valence electrons. The van der Waals surface area contributed by atoms with Gasteiger partial charge in [-0.2, -0.15) is 0 Å². The number of benzene rings is 2. The summed E-state index contributed by atoms with van der Waals surface area (Å²) >= 11 is 0. The highest BCUT2D eigenvalue weighted by Crippen LogP contribution is 2.15. The summed E-state index contributed by atoms with van der Waals surface area (Å²) in [5, 5.41) is 6.16. The molecule has 0 aliphatic heterocycles. The number of hydrogen-bond donors (Lipinski definition) is 2. The predicted molar refractivity (Wildman–Crippen MR) is 92.3 cm³/mol. The van der Waals surface area contributed by atoms with E-state index in [1.165, 1.54) is 16.7 Å². The molecule has 0 fully saturated rings. The smallest absolute Gasteiger partial charge is 0.239 e. The topological polar surface area (TPSA) is 41.1 Å². The summed E-state index contributed by atoms with van der Waals surface area (Å²) in [5.41, 5.74) is 5.91. The number of anilines is 1. The molecule has 0 saturated carbocycles. The molecule has 3 nitrogen and oxygen atoms in total. The lowest BCUT2D eigenvalue weighted by molar-refractivity contribution is -0.119. The molecule has 0 radical (unpaired) electrons. The van der Waals surface area contributed by atoms with E-state index in [-0.39, 0.29) is 5.91 Å². The molecule has 0 heterocycles. The molecule has 0 bridgehead atoms. The third-order valence-corrected chi connectivity index (χ3v) is 3.81. The summed E-state index contributed by atoms with van der Waals surface area (Å²) in [4.78, 5) is 11.9. The minimum Gasteiger partial charge on any atom is -0.376 e. The Hall–Kier alpha value is -2.29. The van der Waals surface area contributed by atoms with Crippen molar-refractivity contribution in [1.82, 2.24) is 5.32 Å². The number of nitrogens with one attached hydrogen (secondary N) is 2. The van der Waals surface area contributed by atoms with E-state index in [2.05, 4.69) is 47.9 Å². The standard InChI is InChI=1S/C19H24N2O/c1-14-8-9-16(3)18(12-14)21-13-19(22)20-11-10-17-7-5-4-6-15(17)2/h4-9,12,21H,10-11,13H2,1-3H3,(H,20,22). The van der Waals surface area contributed by atoms with Gasteiger partial charge in [-0.3, -0.25) is 4.79 Å². The molecule has 0 unspecified atom stereocenters. The molecule has 2 aromatic rings. The summed E-state index contributed by atoms with van der Waals surface area (Å²) in [5.74, 6) is 0.0227. The second-order valence-electron chi connectivity index (χ2n) is 5.70. The minimum absolute atomic E-state index is 0.0227. The van der Waals surface area contributed by atoms with Gasteiger partial charge in [-0.25, -0.2) is 0 Å². The fraction of sp³-hybridized carbons (Fsp3) is 0.316. The number of hydrogen-bond acceptors (Lipinski definition) is 2. The second kappa shape index (κ2) is 7.64. The summed E-state index contributed by atoms with van der Waals surface area (Å²) in [6, 6.07) is 14.5. The van der Waals surface area contributed by atoms with E-state index in [0.29, 0.717) is 13.1 Å². The van der Waals surface area contributed by atoms with E-state index in [1.807, 2.05) is 26.0 Å². The van der Waals surface area contributed by atoms with Gasteiger partial charge in [0.25, 0.3) is 0 Å². The van der Waals surface area contributed by atoms with Gasteiger partial charge >= 0.3 is 0 Å². The molecule has 0 aliphatic carbocycles. The molecule has 0 aromatic heterocycles. The van der Waals surface area contributed by atoms with Gasteiger partial charge in [0, 0.05) is 12.2 Å². The SMILES string of the molecule is Cc1ccc(C)c(NCC(=O)NCCc2ccccc2C)c1. The van der Waals surface area contributed by atoms with Crippen molar-refractivity contribution in [3.63, 3.8) is 0 Å². The zero-order valence-corrected chi connectivity index (χ0v) is 13.6. The average molecular weight is 296 g/mol. The number of carbonyl (C=O) groups is 1. The Bertz CT molecular complexity index is 650. The maximum Gasteiger partial charge on any atom is 0.239 e. The molecule has 0 atom stereocenters. The Morgan fingerprint density at radius 2 is 1.77 bits per heavy atom. The lowest BCUT2D eigenvalue weighted by Gasteiger charge is -2.11. The summed E-state index contributed by atoms with van der Waals surface area (Å²) in [6.07, 6.45) is 0.863. The third kappa shape index (κ3) is 4.62. The highest BCUT2D eigenvalue weighted by molar-refractivity contribution is 5.81. The van der Waals surface area contributed by atoms with Crippen LogP contribution in [0.3, 0.4) is 0 Å². The van der Waals surface area contributed by atoms with Crippen LogP contribution in [0.2, 0.25) is 0 Å². The molecule has 2 N–H and O–H groups in total. The second-order valence-corrected chi connectivity index (χ2v) is 5.70. The van der Waals surface area contributed by atoms with Crippen LogP contribution in [0.4, 0.5) is 5.69 Å². The van der Waals surface area contributed by atoms with Crippen molar-refractivity contribution in [3.8, 4) is 0 Å². The van der Waals surface area contributed by atoms with E-state index in [0.717, 1.165) is 17.7 Å². The van der Waals surface area contributed by atoms with Gasteiger partial charge in [0.1, 0.15) is 0 Å². The Labute approximate surface area is 132 Å². The van der Waals surface area contributed by atoms with Crippen LogP contribution in [-0.2, 0) is 11.2 Å². The Balaban J connectivity index is 1.76. The van der Waals surface area contributed by atoms with Crippen molar-refractivity contribution >= 4 is 11.6 Å². The van der Waals surface area contributed by atoms with Gasteiger partial charge in [0.2, 0.25) is 5.91 Å². The number of rotatable bonds is 6. The molecule has 1 amide bonds. The largest absolute Gasteiger partial charge is 0.376 e. The minimum atomic E-state index is 0.0227. The van der Waals surface area contributed by atoms with Crippen molar-refractivity contribution < 1.29 is 4.79 Å². The molecular weight excluding hydrogens is 272 g/mol. The van der Waals surface area contributed by atoms with Gasteiger partial charge < -0.3 is 10.6 Å². The van der Waals surface area contributed by atoms with E-state index < -0.39 is 0 Å². The third-order valence-electron chi connectivity index (χ3n) is 3.81. The van der Waals surface area contributed by atoms with E-state index >= 15 is 0 Å². The van der Waals surface area contributed by atoms with Crippen molar-refractivity contribution in [2.45, 2.75) is 27.2 Å². The van der Waals surface area contributed by atoms with Crippen LogP contribution in [0.1, 0.15) is 22.3 Å². The molecular formula is C19H24N2O. The molecule has 0 aliphatic rings. The van der Waals surface area contributed by atoms with E-state index in [9.17, 15) is 4.79 Å². The monoisotopic (exact) mass is 296 g/mol. The first kappa shape index (κ1) is 16.1. The lowest BCUT2D eigenvalue weighted by Crippen LogP contribution is -2.31. The van der Waals surface area contributed by atoms with Crippen LogP contribution >= 0.6 is 0 Å². The van der Waals surface area contributed by atoms with Crippen LogP contribution in [0.15, 0.2) is 42.5 Å². The van der Waals surface area contributed by atoms with E-state index in [4.69, 9.17) is 0 Å². The van der Waals surface area contributed by atoms with Crippen LogP contribution in [0.5, 0.6) is 0 Å². The predicted octanol–water partition coefficient (Wildman–Crippen LogP) is 3.38. The summed E-state index contributed by atoms with van der Waals surface area (Å²) in [6.45, 7) is 7.15. The van der Waals surface area contributed by atoms with Gasteiger partial charge in [-0.05, 0) is 55.5 Å². The van der Waals surface area contributed by atoms with Crippen LogP contribution in [0.25, 0.3) is 0 Å². The molecule has 2 rings (SSSR count). The van der Waals surface area contributed by atoms with Crippen LogP contribution in [0, 0.1) is 20.8 Å². The van der Waals surface area contributed by atoms with Crippen LogP contribution in [-0.4, -0.2) is 19.0 Å². The Morgan fingerprint density at radius 3 is 2.55 bits per heavy atom. The molecule has 3 heteroatoms. The first-order chi connectivity index (χ1) is 10.6. The fourth-order valence-corrected chi connectivity index (χ4v) is 2.39. The average Bonchev–Trinajstić information content (AvgIpc) is 2.50. The lowest BCUT2D eigenvalue weighted by atomic mass is 10.1. The van der Waals surface area contributed by atoms with Crippen molar-refractivity contribution in [2.24, 2.45) is 0 Å². The quantitative estimate of drug-likeness (QED) is 0.858. The zero-order valence-electron chi connectivity index (χ0n) is 13.6. The van der Waals surface area contributed by atoms with E-state index in [1.54, 1.807) is 0 Å². The van der Waals surface area contributed by atoms with Gasteiger partial charge in [0.15, 0.2) is 0 Å². The van der Waals surface area contributed by atoms with Crippen molar-refractivity contribution in [2.75, 3.05) is 18.4 Å². The van der Waals surface area contributed by atoms with Gasteiger partial charge in [-0.15, -0.1) is 0 Å². The Kier molecular flexibility index (Phi) is 5.59. The number of aryl methyl sites for hydroxylation is 3. The molecule has 22 heavy (non-hydrogen) atoms. The summed E-state index contributed by atoms with van der Waals surface area (Å²) < 4.78 is 0. The molecule has 2 aromatic carbocycles. The maximum atomic E-state index is 11.9. The number of carbonyl (C=O) groups excluding carboxylic acids is 1. The van der Waals surface area contributed by atoms with Gasteiger partial charge in [0.05, 0.1) is 6.54 Å². The summed E-state index contributed by atoms with van der Waals surface area (Å²) in [7, 11) is 0. The van der Waals surface area contributed by atoms with Crippen molar-refractivity contribution in [1.29, 1.82) is 0 Å². The highest BCUT2D eigenvalue weighted by Gasteiger charge is 2.04. The zero-order chi connectivity index (χ0) is 15.9. The fourth-order valence-electron chi connectivity index (χ4n) is 2.39. The first-order valence-corrected chi connectivity index (χ1v) is 7.68. The normalized spacial score (nSPS) is 10.3. The molecule has 0 spiro atoms. The Morgan fingerprint density at radius 1 is 1.00 bits per heavy atom. The first-order valence-electron chi connectivity index (χ1n) is 7.68. The highest BCUT2D eigenvalue weighted by atomic mass is 16.1.